The molecular weight excluding hydrogens is 270 g/mol. The second-order valence-electron chi connectivity index (χ2n) is 6.28. The molecule has 2 aromatic rings. The summed E-state index contributed by atoms with van der Waals surface area (Å²) in [5.74, 6) is 1.06. The molecular formula is C14H17N5O2. The fourth-order valence-corrected chi connectivity index (χ4v) is 3.48. The van der Waals surface area contributed by atoms with E-state index in [4.69, 9.17) is 4.74 Å². The maximum atomic E-state index is 9.40. The monoisotopic (exact) mass is 287 g/mol. The number of ether oxygens (including phenoxy) is 1. The smallest absolute Gasteiger partial charge is 0.165 e. The van der Waals surface area contributed by atoms with Crippen molar-refractivity contribution in [2.24, 2.45) is 5.92 Å². The normalized spacial score (nSPS) is 34.1. The molecule has 2 aromatic heterocycles. The number of hydrogen-bond acceptors (Lipinski definition) is 6. The number of aliphatic hydroxyl groups excluding tert-OH is 1. The fourth-order valence-electron chi connectivity index (χ4n) is 3.48. The topological polar surface area (TPSA) is 88.4 Å². The van der Waals surface area contributed by atoms with E-state index in [-0.39, 0.29) is 30.8 Å². The third kappa shape index (κ3) is 1.77. The van der Waals surface area contributed by atoms with Gasteiger partial charge in [-0.25, -0.2) is 15.0 Å². The molecule has 2 N–H and O–H groups in total. The molecule has 3 heterocycles. The number of anilines is 1. The van der Waals surface area contributed by atoms with Crippen LogP contribution in [0.15, 0.2) is 12.7 Å². The second kappa shape index (κ2) is 4.14. The summed E-state index contributed by atoms with van der Waals surface area (Å²) >= 11 is 0. The number of aliphatic hydroxyl groups is 1. The van der Waals surface area contributed by atoms with E-state index in [9.17, 15) is 5.11 Å². The number of rotatable bonds is 4. The van der Waals surface area contributed by atoms with E-state index in [1.54, 1.807) is 6.33 Å². The number of imidazole rings is 1. The SMILES string of the molecule is OC[C@@H]1C[C@H](n2cnc3c(NC4CC4)ncnc32)[C@H]2O[C@@H]12. The number of aromatic nitrogens is 4. The molecule has 0 spiro atoms. The molecule has 4 atom stereocenters. The van der Waals surface area contributed by atoms with Gasteiger partial charge >= 0.3 is 0 Å². The first-order chi connectivity index (χ1) is 10.3. The van der Waals surface area contributed by atoms with Gasteiger partial charge in [-0.15, -0.1) is 0 Å². The molecule has 0 unspecified atom stereocenters. The summed E-state index contributed by atoms with van der Waals surface area (Å²) in [5, 5.41) is 12.8. The van der Waals surface area contributed by atoms with Crippen molar-refractivity contribution in [1.82, 2.24) is 19.5 Å². The van der Waals surface area contributed by atoms with E-state index in [2.05, 4.69) is 24.8 Å². The highest BCUT2D eigenvalue weighted by Gasteiger charge is 2.57. The number of hydrogen-bond donors (Lipinski definition) is 2. The van der Waals surface area contributed by atoms with Crippen LogP contribution in [0, 0.1) is 5.92 Å². The lowest BCUT2D eigenvalue weighted by atomic mass is 10.1. The highest BCUT2D eigenvalue weighted by molar-refractivity contribution is 5.83. The molecule has 110 valence electrons. The molecule has 0 radical (unpaired) electrons. The van der Waals surface area contributed by atoms with E-state index < -0.39 is 0 Å². The Hall–Kier alpha value is -1.73. The summed E-state index contributed by atoms with van der Waals surface area (Å²) in [5.41, 5.74) is 1.68. The maximum Gasteiger partial charge on any atom is 0.165 e. The van der Waals surface area contributed by atoms with Gasteiger partial charge in [0.2, 0.25) is 0 Å². The molecule has 0 bridgehead atoms. The standard InChI is InChI=1S/C14H17N5O2/c20-4-7-3-9(12-11(7)21-12)19-6-17-10-13(18-8-1-2-8)15-5-16-14(10)19/h5-9,11-12,20H,1-4H2,(H,15,16,18)/t7-,9-,11-,12+/m0/s1. The molecule has 0 amide bonds. The zero-order valence-electron chi connectivity index (χ0n) is 11.5. The zero-order chi connectivity index (χ0) is 14.0. The van der Waals surface area contributed by atoms with Crippen LogP contribution in [0.3, 0.4) is 0 Å². The Kier molecular flexibility index (Phi) is 2.34. The van der Waals surface area contributed by atoms with E-state index in [0.717, 1.165) is 23.4 Å². The number of nitrogens with zero attached hydrogens (tertiary/aromatic N) is 4. The largest absolute Gasteiger partial charge is 0.396 e. The first-order valence-electron chi connectivity index (χ1n) is 7.55. The van der Waals surface area contributed by atoms with E-state index in [1.807, 2.05) is 6.33 Å². The predicted octanol–water partition coefficient (Wildman–Crippen LogP) is 0.721. The van der Waals surface area contributed by atoms with Crippen molar-refractivity contribution in [2.75, 3.05) is 11.9 Å². The van der Waals surface area contributed by atoms with Gasteiger partial charge in [0.1, 0.15) is 17.9 Å². The molecule has 7 nitrogen and oxygen atoms in total. The summed E-state index contributed by atoms with van der Waals surface area (Å²) in [7, 11) is 0. The van der Waals surface area contributed by atoms with Crippen LogP contribution in [0.2, 0.25) is 0 Å². The minimum Gasteiger partial charge on any atom is -0.396 e. The maximum absolute atomic E-state index is 9.40. The molecule has 0 aromatic carbocycles. The average Bonchev–Trinajstić information content (AvgIpc) is 3.40. The van der Waals surface area contributed by atoms with Gasteiger partial charge in [-0.3, -0.25) is 0 Å². The van der Waals surface area contributed by atoms with Gasteiger partial charge in [-0.1, -0.05) is 0 Å². The molecule has 1 aliphatic heterocycles. The van der Waals surface area contributed by atoms with Crippen LogP contribution < -0.4 is 5.32 Å². The van der Waals surface area contributed by atoms with Gasteiger partial charge < -0.3 is 19.7 Å². The van der Waals surface area contributed by atoms with E-state index in [1.165, 1.54) is 12.8 Å². The summed E-state index contributed by atoms with van der Waals surface area (Å²) in [6.45, 7) is 0.188. The van der Waals surface area contributed by atoms with Crippen LogP contribution in [-0.4, -0.2) is 49.5 Å². The van der Waals surface area contributed by atoms with Crippen LogP contribution >= 0.6 is 0 Å². The highest BCUT2D eigenvalue weighted by Crippen LogP contribution is 2.50. The van der Waals surface area contributed by atoms with Gasteiger partial charge in [-0.2, -0.15) is 0 Å². The van der Waals surface area contributed by atoms with Gasteiger partial charge in [0.15, 0.2) is 11.5 Å². The van der Waals surface area contributed by atoms with Crippen LogP contribution in [0.1, 0.15) is 25.3 Å². The van der Waals surface area contributed by atoms with Gasteiger partial charge in [0.05, 0.1) is 18.5 Å². The zero-order valence-corrected chi connectivity index (χ0v) is 11.5. The van der Waals surface area contributed by atoms with Crippen molar-refractivity contribution in [2.45, 2.75) is 43.6 Å². The lowest BCUT2D eigenvalue weighted by Crippen LogP contribution is -2.14. The Bertz CT molecular complexity index is 698. The lowest BCUT2D eigenvalue weighted by molar-refractivity contribution is 0.154. The summed E-state index contributed by atoms with van der Waals surface area (Å²) in [6.07, 6.45) is 7.16. The summed E-state index contributed by atoms with van der Waals surface area (Å²) in [4.78, 5) is 13.2. The lowest BCUT2D eigenvalue weighted by Gasteiger charge is -2.16. The van der Waals surface area contributed by atoms with E-state index >= 15 is 0 Å². The highest BCUT2D eigenvalue weighted by atomic mass is 16.6. The fraction of sp³-hybridized carbons (Fsp3) is 0.643. The van der Waals surface area contributed by atoms with Crippen molar-refractivity contribution in [1.29, 1.82) is 0 Å². The number of fused-ring (bicyclic) bond motifs is 2. The molecule has 21 heavy (non-hydrogen) atoms. The number of epoxide rings is 1. The Morgan fingerprint density at radius 3 is 2.95 bits per heavy atom. The van der Waals surface area contributed by atoms with Gasteiger partial charge in [0, 0.05) is 18.6 Å². The quantitative estimate of drug-likeness (QED) is 0.806. The molecule has 3 fully saturated rings. The average molecular weight is 287 g/mol. The Balaban J connectivity index is 1.52. The van der Waals surface area contributed by atoms with Crippen molar-refractivity contribution in [3.05, 3.63) is 12.7 Å². The second-order valence-corrected chi connectivity index (χ2v) is 6.28. The molecule has 7 heteroatoms. The first kappa shape index (κ1) is 11.9. The molecule has 2 saturated carbocycles. The van der Waals surface area contributed by atoms with Crippen molar-refractivity contribution >= 4 is 17.0 Å². The minimum absolute atomic E-state index is 0.188. The number of nitrogens with one attached hydrogen (secondary N) is 1. The third-order valence-corrected chi connectivity index (χ3v) is 4.82. The molecule has 2 aliphatic carbocycles. The molecule has 1 saturated heterocycles. The molecule has 5 rings (SSSR count). The van der Waals surface area contributed by atoms with Gasteiger partial charge in [0.25, 0.3) is 0 Å². The van der Waals surface area contributed by atoms with Crippen LogP contribution in [0.5, 0.6) is 0 Å². The van der Waals surface area contributed by atoms with Crippen molar-refractivity contribution in [3.8, 4) is 0 Å². The van der Waals surface area contributed by atoms with Crippen molar-refractivity contribution in [3.63, 3.8) is 0 Å². The van der Waals surface area contributed by atoms with Crippen LogP contribution in [0.4, 0.5) is 5.82 Å². The minimum atomic E-state index is 0.188. The Labute approximate surface area is 121 Å². The van der Waals surface area contributed by atoms with Gasteiger partial charge in [-0.05, 0) is 19.3 Å². The predicted molar refractivity (Wildman–Crippen MR) is 74.9 cm³/mol. The first-order valence-corrected chi connectivity index (χ1v) is 7.55. The summed E-state index contributed by atoms with van der Waals surface area (Å²) < 4.78 is 7.77. The van der Waals surface area contributed by atoms with Crippen LogP contribution in [-0.2, 0) is 4.74 Å². The van der Waals surface area contributed by atoms with Crippen LogP contribution in [0.25, 0.3) is 11.2 Å². The van der Waals surface area contributed by atoms with Crippen molar-refractivity contribution < 1.29 is 9.84 Å². The Morgan fingerprint density at radius 2 is 2.19 bits per heavy atom. The summed E-state index contributed by atoms with van der Waals surface area (Å²) in [6, 6.07) is 0.760. The third-order valence-electron chi connectivity index (χ3n) is 4.82. The van der Waals surface area contributed by atoms with E-state index in [0.29, 0.717) is 6.04 Å². The molecule has 3 aliphatic rings. The Morgan fingerprint density at radius 1 is 1.29 bits per heavy atom.